The summed E-state index contributed by atoms with van der Waals surface area (Å²) in [4.78, 5) is 0. The molecule has 0 atom stereocenters. The predicted octanol–water partition coefficient (Wildman–Crippen LogP) is 2.50. The number of hydrogen-bond acceptors (Lipinski definition) is 2. The molecule has 0 unspecified atom stereocenters. The minimum absolute atomic E-state index is 0.0126. The molecule has 0 aromatic carbocycles. The Bertz CT molecular complexity index is 135. The number of halogens is 3. The predicted molar refractivity (Wildman–Crippen MR) is 40.6 cm³/mol. The number of rotatable bonds is 5. The average molecular weight is 231 g/mol. The highest BCUT2D eigenvalue weighted by Gasteiger charge is 2.01. The Morgan fingerprint density at radius 3 is 2.45 bits per heavy atom. The number of hydrogen-bond donors (Lipinski definition) is 0. The van der Waals surface area contributed by atoms with Gasteiger partial charge in [0, 0.05) is 6.61 Å². The Morgan fingerprint density at radius 2 is 2.00 bits per heavy atom. The average Bonchev–Trinajstić information content (AvgIpc) is 1.97. The molecule has 0 saturated carbocycles. The van der Waals surface area contributed by atoms with E-state index in [-0.39, 0.29) is 13.2 Å². The molecule has 2 nitrogen and oxygen atoms in total. The lowest BCUT2D eigenvalue weighted by Gasteiger charge is -2.01. The highest BCUT2D eigenvalue weighted by molar-refractivity contribution is 9.11. The number of ether oxygens (including phenoxy) is 2. The maximum Gasteiger partial charge on any atom is 0.316 e. The Kier molecular flexibility index (Phi) is 6.45. The maximum atomic E-state index is 12.1. The van der Waals surface area contributed by atoms with Crippen LogP contribution in [-0.2, 0) is 9.47 Å². The van der Waals surface area contributed by atoms with Crippen molar-refractivity contribution in [1.29, 1.82) is 0 Å². The van der Waals surface area contributed by atoms with E-state index in [0.717, 1.165) is 0 Å². The highest BCUT2D eigenvalue weighted by atomic mass is 79.9. The van der Waals surface area contributed by atoms with Crippen molar-refractivity contribution < 1.29 is 18.3 Å². The second kappa shape index (κ2) is 6.54. The molecule has 0 bridgehead atoms. The third-order valence-corrected chi connectivity index (χ3v) is 1.12. The van der Waals surface area contributed by atoms with Crippen molar-refractivity contribution >= 4 is 15.9 Å². The summed E-state index contributed by atoms with van der Waals surface area (Å²) in [5, 5.41) is 0. The summed E-state index contributed by atoms with van der Waals surface area (Å²) in [6.07, 6.45) is 0. The van der Waals surface area contributed by atoms with E-state index >= 15 is 0 Å². The molecule has 0 radical (unpaired) electrons. The molecule has 5 heteroatoms. The molecule has 66 valence electrons. The van der Waals surface area contributed by atoms with Gasteiger partial charge in [-0.25, -0.2) is 0 Å². The van der Waals surface area contributed by atoms with Gasteiger partial charge >= 0.3 is 6.01 Å². The third-order valence-electron chi connectivity index (χ3n) is 0.809. The Morgan fingerprint density at radius 1 is 1.36 bits per heavy atom. The standard InChI is InChI=1S/C6H9BrF2O2/c1-2-10-3-4-11-6(9)5(7)8/h2-4H2,1H3/b6-5-. The van der Waals surface area contributed by atoms with E-state index in [1.807, 2.05) is 0 Å². The van der Waals surface area contributed by atoms with Crippen molar-refractivity contribution in [3.8, 4) is 0 Å². The van der Waals surface area contributed by atoms with Gasteiger partial charge in [0.15, 0.2) is 0 Å². The van der Waals surface area contributed by atoms with Crippen LogP contribution in [0.1, 0.15) is 6.92 Å². The van der Waals surface area contributed by atoms with Crippen LogP contribution in [0.2, 0.25) is 0 Å². The van der Waals surface area contributed by atoms with Crippen molar-refractivity contribution in [1.82, 2.24) is 0 Å². The van der Waals surface area contributed by atoms with Crippen LogP contribution in [0, 0.1) is 0 Å². The smallest absolute Gasteiger partial charge is 0.316 e. The first-order valence-electron chi connectivity index (χ1n) is 3.09. The largest absolute Gasteiger partial charge is 0.466 e. The highest BCUT2D eigenvalue weighted by Crippen LogP contribution is 2.14. The van der Waals surface area contributed by atoms with E-state index in [0.29, 0.717) is 6.61 Å². The van der Waals surface area contributed by atoms with Gasteiger partial charge in [0.1, 0.15) is 6.61 Å². The molecule has 0 rings (SSSR count). The molecule has 0 aliphatic carbocycles. The van der Waals surface area contributed by atoms with Crippen molar-refractivity contribution in [3.63, 3.8) is 0 Å². The zero-order chi connectivity index (χ0) is 8.69. The summed E-state index contributed by atoms with van der Waals surface area (Å²) in [6.45, 7) is 2.60. The Hall–Kier alpha value is -0.160. The zero-order valence-electron chi connectivity index (χ0n) is 6.07. The first kappa shape index (κ1) is 10.8. The van der Waals surface area contributed by atoms with Gasteiger partial charge in [0.25, 0.3) is 0 Å². The molecule has 0 heterocycles. The first-order valence-corrected chi connectivity index (χ1v) is 3.89. The van der Waals surface area contributed by atoms with Gasteiger partial charge in [-0.3, -0.25) is 0 Å². The van der Waals surface area contributed by atoms with Crippen molar-refractivity contribution in [2.45, 2.75) is 6.92 Å². The van der Waals surface area contributed by atoms with Crippen molar-refractivity contribution in [3.05, 3.63) is 10.7 Å². The van der Waals surface area contributed by atoms with E-state index in [4.69, 9.17) is 4.74 Å². The van der Waals surface area contributed by atoms with Crippen LogP contribution in [0.25, 0.3) is 0 Å². The van der Waals surface area contributed by atoms with Crippen LogP contribution < -0.4 is 0 Å². The third kappa shape index (κ3) is 6.25. The second-order valence-electron chi connectivity index (χ2n) is 1.58. The van der Waals surface area contributed by atoms with Gasteiger partial charge in [0.2, 0.25) is 4.74 Å². The van der Waals surface area contributed by atoms with E-state index in [2.05, 4.69) is 20.7 Å². The second-order valence-corrected chi connectivity index (χ2v) is 2.28. The van der Waals surface area contributed by atoms with Gasteiger partial charge in [-0.05, 0) is 22.9 Å². The molecule has 0 aliphatic heterocycles. The molecule has 0 N–H and O–H groups in total. The molecule has 0 spiro atoms. The zero-order valence-corrected chi connectivity index (χ0v) is 7.66. The van der Waals surface area contributed by atoms with Crippen LogP contribution in [0.4, 0.5) is 8.78 Å². The van der Waals surface area contributed by atoms with Crippen LogP contribution in [0.3, 0.4) is 0 Å². The summed E-state index contributed by atoms with van der Waals surface area (Å²) in [5.41, 5.74) is 0. The molecular weight excluding hydrogens is 222 g/mol. The van der Waals surface area contributed by atoms with Gasteiger partial charge in [-0.1, -0.05) is 0 Å². The Balaban J connectivity index is 3.32. The molecule has 0 aromatic heterocycles. The summed E-state index contributed by atoms with van der Waals surface area (Å²) in [7, 11) is 0. The van der Waals surface area contributed by atoms with Crippen LogP contribution in [0.5, 0.6) is 0 Å². The molecule has 0 fully saturated rings. The molecule has 0 saturated heterocycles. The molecule has 0 amide bonds. The van der Waals surface area contributed by atoms with E-state index in [1.165, 1.54) is 0 Å². The van der Waals surface area contributed by atoms with Crippen molar-refractivity contribution in [2.24, 2.45) is 0 Å². The summed E-state index contributed by atoms with van der Waals surface area (Å²) >= 11 is 2.28. The van der Waals surface area contributed by atoms with Gasteiger partial charge in [-0.2, -0.15) is 8.78 Å². The fourth-order valence-electron chi connectivity index (χ4n) is 0.389. The van der Waals surface area contributed by atoms with Crippen LogP contribution in [0.15, 0.2) is 10.7 Å². The summed E-state index contributed by atoms with van der Waals surface area (Å²) < 4.78 is 31.9. The van der Waals surface area contributed by atoms with Gasteiger partial charge in [-0.15, -0.1) is 0 Å². The minimum Gasteiger partial charge on any atom is -0.466 e. The van der Waals surface area contributed by atoms with E-state index < -0.39 is 10.7 Å². The molecule has 0 aromatic rings. The lowest BCUT2D eigenvalue weighted by atomic mass is 10.7. The van der Waals surface area contributed by atoms with E-state index in [9.17, 15) is 8.78 Å². The van der Waals surface area contributed by atoms with E-state index in [1.54, 1.807) is 6.92 Å². The minimum atomic E-state index is -1.25. The van der Waals surface area contributed by atoms with Gasteiger partial charge < -0.3 is 9.47 Å². The molecular formula is C6H9BrF2O2. The quantitative estimate of drug-likeness (QED) is 0.534. The normalized spacial score (nSPS) is 12.7. The van der Waals surface area contributed by atoms with Crippen LogP contribution >= 0.6 is 15.9 Å². The molecule has 11 heavy (non-hydrogen) atoms. The first-order chi connectivity index (χ1) is 5.18. The monoisotopic (exact) mass is 230 g/mol. The van der Waals surface area contributed by atoms with Gasteiger partial charge in [0.05, 0.1) is 6.61 Å². The SMILES string of the molecule is CCOCCO/C(F)=C(\F)Br. The lowest BCUT2D eigenvalue weighted by Crippen LogP contribution is -2.02. The van der Waals surface area contributed by atoms with Crippen molar-refractivity contribution in [2.75, 3.05) is 19.8 Å². The maximum absolute atomic E-state index is 12.1. The van der Waals surface area contributed by atoms with Crippen LogP contribution in [-0.4, -0.2) is 19.8 Å². The Labute approximate surface area is 72.3 Å². The lowest BCUT2D eigenvalue weighted by molar-refractivity contribution is 0.0588. The fourth-order valence-corrected chi connectivity index (χ4v) is 0.504. The topological polar surface area (TPSA) is 18.5 Å². The fraction of sp³-hybridized carbons (Fsp3) is 0.667. The summed E-state index contributed by atoms with van der Waals surface area (Å²) in [5.74, 6) is 0. The molecule has 0 aliphatic rings. The summed E-state index contributed by atoms with van der Waals surface area (Å²) in [6, 6.07) is -1.25.